The summed E-state index contributed by atoms with van der Waals surface area (Å²) in [5, 5.41) is 3.40. The molecule has 0 fully saturated rings. The Kier molecular flexibility index (Phi) is 6.31. The topological polar surface area (TPSA) is 41.1 Å². The summed E-state index contributed by atoms with van der Waals surface area (Å²) in [4.78, 5) is 11.2. The standard InChI is InChI=1S/C28H28N4/c1-5-32(26-15-14-25(19-21(26)3)24-13-9-10-20(2)18-24)27-16-17-29-28(31-27)30-22(4)23-11-7-6-8-12-23/h5-19,22H,1H2,2-4H3,(H,29,30,31)/t22-/m0/s1. The van der Waals surface area contributed by atoms with Crippen LogP contribution in [0, 0.1) is 13.8 Å². The van der Waals surface area contributed by atoms with E-state index in [1.807, 2.05) is 29.2 Å². The van der Waals surface area contributed by atoms with Gasteiger partial charge in [0.05, 0.1) is 6.04 Å². The number of aryl methyl sites for hydroxylation is 2. The van der Waals surface area contributed by atoms with E-state index in [1.165, 1.54) is 22.3 Å². The monoisotopic (exact) mass is 420 g/mol. The Labute approximate surface area is 190 Å². The second-order valence-electron chi connectivity index (χ2n) is 7.94. The van der Waals surface area contributed by atoms with E-state index < -0.39 is 0 Å². The van der Waals surface area contributed by atoms with Crippen molar-refractivity contribution in [2.75, 3.05) is 10.2 Å². The second-order valence-corrected chi connectivity index (χ2v) is 7.94. The number of benzene rings is 3. The van der Waals surface area contributed by atoms with E-state index in [2.05, 4.69) is 92.2 Å². The van der Waals surface area contributed by atoms with Crippen molar-refractivity contribution in [3.8, 4) is 11.1 Å². The van der Waals surface area contributed by atoms with Crippen LogP contribution in [0.2, 0.25) is 0 Å². The van der Waals surface area contributed by atoms with Gasteiger partial charge < -0.3 is 10.2 Å². The minimum atomic E-state index is 0.0963. The number of rotatable bonds is 7. The number of nitrogens with zero attached hydrogens (tertiary/aromatic N) is 3. The van der Waals surface area contributed by atoms with Crippen LogP contribution in [0.15, 0.2) is 97.8 Å². The van der Waals surface area contributed by atoms with Gasteiger partial charge in [-0.05, 0) is 61.2 Å². The number of aromatic nitrogens is 2. The van der Waals surface area contributed by atoms with Crippen LogP contribution in [0.5, 0.6) is 0 Å². The van der Waals surface area contributed by atoms with Gasteiger partial charge in [0.15, 0.2) is 0 Å². The summed E-state index contributed by atoms with van der Waals surface area (Å²) in [5.74, 6) is 1.35. The molecule has 3 aromatic carbocycles. The molecule has 0 unspecified atom stereocenters. The summed E-state index contributed by atoms with van der Waals surface area (Å²) in [6, 6.07) is 27.3. The smallest absolute Gasteiger partial charge is 0.225 e. The second kappa shape index (κ2) is 9.48. The van der Waals surface area contributed by atoms with Gasteiger partial charge in [0, 0.05) is 18.1 Å². The van der Waals surface area contributed by atoms with Gasteiger partial charge in [-0.15, -0.1) is 0 Å². The first-order chi connectivity index (χ1) is 15.5. The summed E-state index contributed by atoms with van der Waals surface area (Å²) in [6.45, 7) is 10.4. The fraction of sp³-hybridized carbons (Fsp3) is 0.143. The van der Waals surface area contributed by atoms with Crippen molar-refractivity contribution in [1.29, 1.82) is 0 Å². The summed E-state index contributed by atoms with van der Waals surface area (Å²) >= 11 is 0. The molecule has 0 spiro atoms. The number of nitrogens with one attached hydrogen (secondary N) is 1. The highest BCUT2D eigenvalue weighted by Crippen LogP contribution is 2.32. The highest BCUT2D eigenvalue weighted by molar-refractivity contribution is 5.73. The Morgan fingerprint density at radius 3 is 2.41 bits per heavy atom. The molecule has 4 aromatic rings. The van der Waals surface area contributed by atoms with Crippen LogP contribution in [-0.4, -0.2) is 9.97 Å². The minimum absolute atomic E-state index is 0.0963. The lowest BCUT2D eigenvalue weighted by molar-refractivity contribution is 0.859. The van der Waals surface area contributed by atoms with Crippen LogP contribution in [0.1, 0.15) is 29.7 Å². The van der Waals surface area contributed by atoms with Crippen LogP contribution in [0.25, 0.3) is 11.1 Å². The first-order valence-electron chi connectivity index (χ1n) is 10.8. The molecule has 0 amide bonds. The van der Waals surface area contributed by atoms with Gasteiger partial charge in [-0.25, -0.2) is 4.98 Å². The molecule has 32 heavy (non-hydrogen) atoms. The molecule has 0 aliphatic heterocycles. The number of hydrogen-bond acceptors (Lipinski definition) is 4. The van der Waals surface area contributed by atoms with E-state index in [0.717, 1.165) is 17.1 Å². The molecule has 4 nitrogen and oxygen atoms in total. The van der Waals surface area contributed by atoms with Gasteiger partial charge in [-0.1, -0.05) is 72.8 Å². The van der Waals surface area contributed by atoms with Crippen molar-refractivity contribution in [1.82, 2.24) is 9.97 Å². The van der Waals surface area contributed by atoms with Crippen LogP contribution in [-0.2, 0) is 0 Å². The quantitative estimate of drug-likeness (QED) is 0.343. The van der Waals surface area contributed by atoms with Crippen molar-refractivity contribution in [2.45, 2.75) is 26.8 Å². The molecular weight excluding hydrogens is 392 g/mol. The predicted octanol–water partition coefficient (Wildman–Crippen LogP) is 7.22. The van der Waals surface area contributed by atoms with Gasteiger partial charge in [0.2, 0.25) is 5.95 Å². The van der Waals surface area contributed by atoms with Crippen LogP contribution in [0.3, 0.4) is 0 Å². The lowest BCUT2D eigenvalue weighted by atomic mass is 10.0. The molecule has 160 valence electrons. The minimum Gasteiger partial charge on any atom is -0.348 e. The summed E-state index contributed by atoms with van der Waals surface area (Å²) in [5.41, 5.74) is 7.04. The third kappa shape index (κ3) is 4.70. The highest BCUT2D eigenvalue weighted by atomic mass is 15.2. The number of hydrogen-bond donors (Lipinski definition) is 1. The maximum atomic E-state index is 4.75. The summed E-state index contributed by atoms with van der Waals surface area (Å²) < 4.78 is 0. The van der Waals surface area contributed by atoms with E-state index in [-0.39, 0.29) is 6.04 Å². The molecule has 4 heteroatoms. The largest absolute Gasteiger partial charge is 0.348 e. The van der Waals surface area contributed by atoms with E-state index >= 15 is 0 Å². The first-order valence-corrected chi connectivity index (χ1v) is 10.8. The van der Waals surface area contributed by atoms with Crippen molar-refractivity contribution in [2.24, 2.45) is 0 Å². The van der Waals surface area contributed by atoms with E-state index in [0.29, 0.717) is 5.95 Å². The molecule has 1 aromatic heterocycles. The summed E-state index contributed by atoms with van der Waals surface area (Å²) in [6.07, 6.45) is 3.57. The highest BCUT2D eigenvalue weighted by Gasteiger charge is 2.13. The van der Waals surface area contributed by atoms with Crippen molar-refractivity contribution in [3.05, 3.63) is 115 Å². The molecule has 4 rings (SSSR count). The average molecular weight is 421 g/mol. The maximum Gasteiger partial charge on any atom is 0.225 e. The maximum absolute atomic E-state index is 4.75. The molecule has 0 aliphatic carbocycles. The fourth-order valence-electron chi connectivity index (χ4n) is 3.82. The Hall–Kier alpha value is -3.92. The number of anilines is 3. The van der Waals surface area contributed by atoms with Gasteiger partial charge in [-0.3, -0.25) is 0 Å². The summed E-state index contributed by atoms with van der Waals surface area (Å²) in [7, 11) is 0. The predicted molar refractivity (Wildman–Crippen MR) is 134 cm³/mol. The van der Waals surface area contributed by atoms with Gasteiger partial charge in [0.25, 0.3) is 0 Å². The molecule has 0 saturated heterocycles. The third-order valence-corrected chi connectivity index (χ3v) is 5.52. The Morgan fingerprint density at radius 2 is 1.69 bits per heavy atom. The zero-order valence-electron chi connectivity index (χ0n) is 18.8. The Morgan fingerprint density at radius 1 is 0.906 bits per heavy atom. The first kappa shape index (κ1) is 21.3. The van der Waals surface area contributed by atoms with Gasteiger partial charge >= 0.3 is 0 Å². The van der Waals surface area contributed by atoms with Gasteiger partial charge in [0.1, 0.15) is 5.82 Å². The van der Waals surface area contributed by atoms with Crippen LogP contribution in [0.4, 0.5) is 17.5 Å². The molecule has 1 atom stereocenters. The SMILES string of the molecule is C=CN(c1ccnc(N[C@@H](C)c2ccccc2)n1)c1ccc(-c2cccc(C)c2)cc1C. The molecule has 0 aliphatic rings. The van der Waals surface area contributed by atoms with Crippen LogP contribution >= 0.6 is 0 Å². The third-order valence-electron chi connectivity index (χ3n) is 5.52. The van der Waals surface area contributed by atoms with Gasteiger partial charge in [-0.2, -0.15) is 4.98 Å². The molecule has 1 N–H and O–H groups in total. The zero-order valence-corrected chi connectivity index (χ0v) is 18.8. The average Bonchev–Trinajstić information content (AvgIpc) is 2.81. The fourth-order valence-corrected chi connectivity index (χ4v) is 3.82. The van der Waals surface area contributed by atoms with Crippen LogP contribution < -0.4 is 10.2 Å². The van der Waals surface area contributed by atoms with Crippen molar-refractivity contribution in [3.63, 3.8) is 0 Å². The lowest BCUT2D eigenvalue weighted by Gasteiger charge is -2.23. The van der Waals surface area contributed by atoms with E-state index in [9.17, 15) is 0 Å². The normalized spacial score (nSPS) is 11.6. The molecule has 1 heterocycles. The van der Waals surface area contributed by atoms with E-state index in [1.54, 1.807) is 12.4 Å². The van der Waals surface area contributed by atoms with Crippen molar-refractivity contribution < 1.29 is 0 Å². The van der Waals surface area contributed by atoms with Crippen molar-refractivity contribution >= 4 is 17.5 Å². The molecule has 0 bridgehead atoms. The molecule has 0 saturated carbocycles. The molecular formula is C28H28N4. The lowest BCUT2D eigenvalue weighted by Crippen LogP contribution is -2.14. The Balaban J connectivity index is 1.60. The molecule has 0 radical (unpaired) electrons. The zero-order chi connectivity index (χ0) is 22.5. The van der Waals surface area contributed by atoms with E-state index in [4.69, 9.17) is 4.98 Å². The Bertz CT molecular complexity index is 1220.